The van der Waals surface area contributed by atoms with Gasteiger partial charge >= 0.3 is 6.03 Å². The van der Waals surface area contributed by atoms with Gasteiger partial charge in [-0.15, -0.1) is 0 Å². The first kappa shape index (κ1) is 11.1. The molecule has 2 amide bonds. The van der Waals surface area contributed by atoms with Crippen LogP contribution in [-0.4, -0.2) is 43.2 Å². The van der Waals surface area contributed by atoms with E-state index in [2.05, 4.69) is 22.8 Å². The Kier molecular flexibility index (Phi) is 2.41. The van der Waals surface area contributed by atoms with Crippen molar-refractivity contribution in [3.05, 3.63) is 29.3 Å². The second-order valence-electron chi connectivity index (χ2n) is 5.43. The van der Waals surface area contributed by atoms with E-state index in [1.54, 1.807) is 0 Å². The highest BCUT2D eigenvalue weighted by atomic mass is 16.5. The van der Waals surface area contributed by atoms with Crippen molar-refractivity contribution < 1.29 is 9.53 Å². The smallest absolute Gasteiger partial charge is 0.318 e. The first-order chi connectivity index (χ1) is 9.31. The molecule has 0 aromatic heterocycles. The quantitative estimate of drug-likeness (QED) is 0.820. The van der Waals surface area contributed by atoms with Gasteiger partial charge in [0.1, 0.15) is 5.75 Å². The van der Waals surface area contributed by atoms with Crippen molar-refractivity contribution in [1.29, 1.82) is 0 Å². The van der Waals surface area contributed by atoms with Crippen molar-refractivity contribution in [1.82, 2.24) is 15.5 Å². The lowest BCUT2D eigenvalue weighted by atomic mass is 10.0. The number of rotatable bonds is 2. The van der Waals surface area contributed by atoms with E-state index in [-0.39, 0.29) is 12.1 Å². The molecule has 0 bridgehead atoms. The van der Waals surface area contributed by atoms with E-state index in [9.17, 15) is 4.79 Å². The number of ether oxygens (including phenoxy) is 1. The van der Waals surface area contributed by atoms with Crippen molar-refractivity contribution in [2.75, 3.05) is 26.2 Å². The molecule has 1 atom stereocenters. The lowest BCUT2D eigenvalue weighted by Crippen LogP contribution is -2.57. The SMILES string of the molecule is O=C1NC(c2ccc3c(c2)CCO3)CN1C1CNC1. The third-order valence-electron chi connectivity index (χ3n) is 4.25. The van der Waals surface area contributed by atoms with E-state index in [0.717, 1.165) is 38.4 Å². The van der Waals surface area contributed by atoms with Gasteiger partial charge in [0.05, 0.1) is 18.7 Å². The molecule has 3 aliphatic heterocycles. The summed E-state index contributed by atoms with van der Waals surface area (Å²) >= 11 is 0. The fourth-order valence-electron chi connectivity index (χ4n) is 2.98. The molecule has 3 heterocycles. The number of hydrogen-bond donors (Lipinski definition) is 2. The van der Waals surface area contributed by atoms with E-state index in [0.29, 0.717) is 6.04 Å². The molecular formula is C14H17N3O2. The summed E-state index contributed by atoms with van der Waals surface area (Å²) in [6, 6.07) is 6.81. The molecule has 4 rings (SSSR count). The molecule has 1 unspecified atom stereocenters. The highest BCUT2D eigenvalue weighted by Crippen LogP contribution is 2.30. The number of benzene rings is 1. The number of fused-ring (bicyclic) bond motifs is 1. The minimum absolute atomic E-state index is 0.0632. The molecule has 2 N–H and O–H groups in total. The van der Waals surface area contributed by atoms with Crippen molar-refractivity contribution in [3.63, 3.8) is 0 Å². The molecule has 19 heavy (non-hydrogen) atoms. The monoisotopic (exact) mass is 259 g/mol. The molecule has 3 aliphatic rings. The van der Waals surface area contributed by atoms with Crippen molar-refractivity contribution >= 4 is 6.03 Å². The Bertz CT molecular complexity index is 527. The number of nitrogens with one attached hydrogen (secondary N) is 2. The lowest BCUT2D eigenvalue weighted by molar-refractivity contribution is 0.172. The maximum atomic E-state index is 12.0. The summed E-state index contributed by atoms with van der Waals surface area (Å²) in [5.74, 6) is 0.994. The summed E-state index contributed by atoms with van der Waals surface area (Å²) in [6.07, 6.45) is 0.972. The van der Waals surface area contributed by atoms with Gasteiger partial charge in [0.2, 0.25) is 0 Å². The number of carbonyl (C=O) groups excluding carboxylic acids is 1. The number of carbonyl (C=O) groups is 1. The molecule has 1 aromatic rings. The van der Waals surface area contributed by atoms with Gasteiger partial charge in [0, 0.05) is 26.1 Å². The zero-order chi connectivity index (χ0) is 12.8. The fraction of sp³-hybridized carbons (Fsp3) is 0.500. The second kappa shape index (κ2) is 4.13. The predicted octanol–water partition coefficient (Wildman–Crippen LogP) is 0.660. The third-order valence-corrected chi connectivity index (χ3v) is 4.25. The normalized spacial score (nSPS) is 25.8. The van der Waals surface area contributed by atoms with Gasteiger partial charge in [0.25, 0.3) is 0 Å². The largest absolute Gasteiger partial charge is 0.493 e. The van der Waals surface area contributed by atoms with Crippen LogP contribution < -0.4 is 15.4 Å². The molecule has 5 heteroatoms. The number of amides is 2. The number of hydrogen-bond acceptors (Lipinski definition) is 3. The Hall–Kier alpha value is -1.75. The van der Waals surface area contributed by atoms with Crippen LogP contribution in [-0.2, 0) is 6.42 Å². The summed E-state index contributed by atoms with van der Waals surface area (Å²) in [7, 11) is 0. The zero-order valence-corrected chi connectivity index (χ0v) is 10.7. The third kappa shape index (κ3) is 1.76. The van der Waals surface area contributed by atoms with E-state index in [1.807, 2.05) is 11.0 Å². The summed E-state index contributed by atoms with van der Waals surface area (Å²) < 4.78 is 5.52. The Morgan fingerprint density at radius 3 is 3.00 bits per heavy atom. The van der Waals surface area contributed by atoms with E-state index in [1.165, 1.54) is 11.1 Å². The molecule has 100 valence electrons. The van der Waals surface area contributed by atoms with Gasteiger partial charge in [-0.05, 0) is 23.3 Å². The van der Waals surface area contributed by atoms with Gasteiger partial charge in [0.15, 0.2) is 0 Å². The van der Waals surface area contributed by atoms with Crippen molar-refractivity contribution in [3.8, 4) is 5.75 Å². The van der Waals surface area contributed by atoms with Crippen molar-refractivity contribution in [2.24, 2.45) is 0 Å². The molecule has 1 aromatic carbocycles. The Morgan fingerprint density at radius 2 is 2.21 bits per heavy atom. The molecule has 5 nitrogen and oxygen atoms in total. The van der Waals surface area contributed by atoms with Crippen LogP contribution in [0.25, 0.3) is 0 Å². The van der Waals surface area contributed by atoms with Gasteiger partial charge < -0.3 is 20.3 Å². The molecule has 0 aliphatic carbocycles. The summed E-state index contributed by atoms with van der Waals surface area (Å²) in [5, 5.41) is 6.29. The number of nitrogens with zero attached hydrogens (tertiary/aromatic N) is 1. The zero-order valence-electron chi connectivity index (χ0n) is 10.7. The minimum Gasteiger partial charge on any atom is -0.493 e. The van der Waals surface area contributed by atoms with Crippen LogP contribution in [0.3, 0.4) is 0 Å². The molecule has 2 fully saturated rings. The average molecular weight is 259 g/mol. The Morgan fingerprint density at radius 1 is 1.32 bits per heavy atom. The minimum atomic E-state index is 0.0632. The highest BCUT2D eigenvalue weighted by Gasteiger charge is 2.37. The molecule has 0 saturated carbocycles. The first-order valence-electron chi connectivity index (χ1n) is 6.85. The van der Waals surface area contributed by atoms with Crippen LogP contribution in [0.2, 0.25) is 0 Å². The van der Waals surface area contributed by atoms with Gasteiger partial charge in [-0.2, -0.15) is 0 Å². The van der Waals surface area contributed by atoms with Crippen molar-refractivity contribution in [2.45, 2.75) is 18.5 Å². The summed E-state index contributed by atoms with van der Waals surface area (Å²) in [5.41, 5.74) is 2.45. The fourth-order valence-corrected chi connectivity index (χ4v) is 2.98. The lowest BCUT2D eigenvalue weighted by Gasteiger charge is -2.34. The van der Waals surface area contributed by atoms with Gasteiger partial charge in [-0.25, -0.2) is 4.79 Å². The Balaban J connectivity index is 1.55. The maximum absolute atomic E-state index is 12.0. The summed E-state index contributed by atoms with van der Waals surface area (Å²) in [4.78, 5) is 13.9. The van der Waals surface area contributed by atoms with Crippen LogP contribution in [0.5, 0.6) is 5.75 Å². The number of urea groups is 1. The molecule has 0 spiro atoms. The average Bonchev–Trinajstić information content (AvgIpc) is 2.93. The van der Waals surface area contributed by atoms with E-state index < -0.39 is 0 Å². The molecular weight excluding hydrogens is 242 g/mol. The maximum Gasteiger partial charge on any atom is 0.318 e. The van der Waals surface area contributed by atoms with Gasteiger partial charge in [-0.3, -0.25) is 0 Å². The second-order valence-corrected chi connectivity index (χ2v) is 5.43. The Labute approximate surface area is 111 Å². The highest BCUT2D eigenvalue weighted by molar-refractivity contribution is 5.78. The van der Waals surface area contributed by atoms with Gasteiger partial charge in [-0.1, -0.05) is 6.07 Å². The van der Waals surface area contributed by atoms with Crippen LogP contribution in [0.4, 0.5) is 4.79 Å². The van der Waals surface area contributed by atoms with Crippen LogP contribution in [0.1, 0.15) is 17.2 Å². The predicted molar refractivity (Wildman–Crippen MR) is 70.3 cm³/mol. The standard InChI is InChI=1S/C14H17N3O2/c18-14-16-12(8-17(14)11-6-15-7-11)9-1-2-13-10(5-9)3-4-19-13/h1-2,5,11-12,15H,3-4,6-8H2,(H,16,18). The van der Waals surface area contributed by atoms with Crippen LogP contribution in [0.15, 0.2) is 18.2 Å². The molecule has 2 saturated heterocycles. The summed E-state index contributed by atoms with van der Waals surface area (Å²) in [6.45, 7) is 3.37. The first-order valence-corrected chi connectivity index (χ1v) is 6.85. The van der Waals surface area contributed by atoms with Crippen LogP contribution >= 0.6 is 0 Å². The van der Waals surface area contributed by atoms with E-state index in [4.69, 9.17) is 4.74 Å². The van der Waals surface area contributed by atoms with E-state index >= 15 is 0 Å². The van der Waals surface area contributed by atoms with Crippen LogP contribution in [0, 0.1) is 0 Å². The topological polar surface area (TPSA) is 53.6 Å². The molecule has 0 radical (unpaired) electrons.